The van der Waals surface area contributed by atoms with Gasteiger partial charge < -0.3 is 18.9 Å². The molecule has 0 spiro atoms. The first kappa shape index (κ1) is 16.0. The van der Waals surface area contributed by atoms with Crippen molar-refractivity contribution < 1.29 is 28.5 Å². The zero-order chi connectivity index (χ0) is 15.1. The van der Waals surface area contributed by atoms with Crippen LogP contribution in [0.5, 0.6) is 0 Å². The highest BCUT2D eigenvalue weighted by Gasteiger charge is 2.36. The number of ether oxygens (including phenoxy) is 4. The molecule has 1 atom stereocenters. The number of carbonyl (C=O) groups is 2. The third-order valence-corrected chi connectivity index (χ3v) is 2.67. The predicted octanol–water partition coefficient (Wildman–Crippen LogP) is 1.04. The average Bonchev–Trinajstić information content (AvgIpc) is 2.46. The second-order valence-corrected chi connectivity index (χ2v) is 3.87. The zero-order valence-electron chi connectivity index (χ0n) is 12.1. The minimum atomic E-state index is -0.766. The molecule has 0 aromatic heterocycles. The number of hydrogen-bond acceptors (Lipinski definition) is 7. The number of nitrogens with zero attached hydrogens (tertiary/aromatic N) is 1. The molecule has 1 unspecified atom stereocenters. The van der Waals surface area contributed by atoms with E-state index in [1.54, 1.807) is 13.8 Å². The molecular formula is C13H19NO6. The Morgan fingerprint density at radius 1 is 1.15 bits per heavy atom. The van der Waals surface area contributed by atoms with Crippen LogP contribution in [0.25, 0.3) is 0 Å². The smallest absolute Gasteiger partial charge is 0.339 e. The van der Waals surface area contributed by atoms with Gasteiger partial charge in [0.1, 0.15) is 11.5 Å². The summed E-state index contributed by atoms with van der Waals surface area (Å²) in [4.78, 5) is 27.8. The molecule has 0 saturated carbocycles. The van der Waals surface area contributed by atoms with E-state index in [9.17, 15) is 9.59 Å². The zero-order valence-corrected chi connectivity index (χ0v) is 12.1. The number of rotatable bonds is 5. The van der Waals surface area contributed by atoms with Crippen molar-refractivity contribution >= 4 is 17.8 Å². The van der Waals surface area contributed by atoms with Gasteiger partial charge in [-0.1, -0.05) is 0 Å². The van der Waals surface area contributed by atoms with Gasteiger partial charge in [0.2, 0.25) is 11.8 Å². The first-order valence-corrected chi connectivity index (χ1v) is 6.32. The Labute approximate surface area is 117 Å². The summed E-state index contributed by atoms with van der Waals surface area (Å²) in [5.41, 5.74) is 0.202. The number of aliphatic imine (C=N–C) groups is 1. The Balaban J connectivity index is 3.08. The van der Waals surface area contributed by atoms with E-state index in [2.05, 4.69) is 4.99 Å². The summed E-state index contributed by atoms with van der Waals surface area (Å²) >= 11 is 0. The van der Waals surface area contributed by atoms with Crippen LogP contribution < -0.4 is 0 Å². The molecule has 7 nitrogen and oxygen atoms in total. The third kappa shape index (κ3) is 3.49. The predicted molar refractivity (Wildman–Crippen MR) is 69.9 cm³/mol. The van der Waals surface area contributed by atoms with Crippen molar-refractivity contribution in [1.82, 2.24) is 0 Å². The molecule has 0 radical (unpaired) electrons. The van der Waals surface area contributed by atoms with Crippen molar-refractivity contribution in [2.75, 3.05) is 27.4 Å². The lowest BCUT2D eigenvalue weighted by molar-refractivity contribution is -0.146. The second-order valence-electron chi connectivity index (χ2n) is 3.87. The van der Waals surface area contributed by atoms with Gasteiger partial charge in [-0.15, -0.1) is 0 Å². The average molecular weight is 285 g/mol. The normalized spacial score (nSPS) is 18.2. The van der Waals surface area contributed by atoms with Crippen LogP contribution in [0.3, 0.4) is 0 Å². The summed E-state index contributed by atoms with van der Waals surface area (Å²) in [6.07, 6.45) is 0.0769. The highest BCUT2D eigenvalue weighted by molar-refractivity contribution is 6.02. The van der Waals surface area contributed by atoms with Crippen LogP contribution in [-0.2, 0) is 28.5 Å². The lowest BCUT2D eigenvalue weighted by Gasteiger charge is -2.22. The number of carbonyl (C=O) groups excluding carboxylic acids is 2. The van der Waals surface area contributed by atoms with Gasteiger partial charge in [0.15, 0.2) is 0 Å². The van der Waals surface area contributed by atoms with E-state index in [-0.39, 0.29) is 37.0 Å². The topological polar surface area (TPSA) is 83.4 Å². The molecule has 112 valence electrons. The summed E-state index contributed by atoms with van der Waals surface area (Å²) in [6, 6.07) is 0. The van der Waals surface area contributed by atoms with Crippen molar-refractivity contribution in [3.8, 4) is 0 Å². The number of esters is 2. The van der Waals surface area contributed by atoms with Crippen molar-refractivity contribution in [2.45, 2.75) is 20.3 Å². The highest BCUT2D eigenvalue weighted by atomic mass is 16.5. The molecule has 20 heavy (non-hydrogen) atoms. The first-order chi connectivity index (χ1) is 9.58. The summed E-state index contributed by atoms with van der Waals surface area (Å²) in [5, 5.41) is 0. The third-order valence-electron chi connectivity index (χ3n) is 2.67. The Kier molecular flexibility index (Phi) is 6.02. The molecule has 1 rings (SSSR count). The van der Waals surface area contributed by atoms with E-state index in [0.29, 0.717) is 0 Å². The van der Waals surface area contributed by atoms with Crippen LogP contribution in [0.1, 0.15) is 20.3 Å². The Hall–Kier alpha value is -2.05. The SMILES string of the molecule is CCOC(=O)C1=C(OC)N=C(OC)C(C(=O)OCC)C1. The van der Waals surface area contributed by atoms with E-state index in [1.807, 2.05) is 0 Å². The van der Waals surface area contributed by atoms with Crippen LogP contribution >= 0.6 is 0 Å². The first-order valence-electron chi connectivity index (χ1n) is 6.32. The molecule has 0 aromatic carbocycles. The molecule has 0 bridgehead atoms. The van der Waals surface area contributed by atoms with Gasteiger partial charge in [-0.05, 0) is 13.8 Å². The van der Waals surface area contributed by atoms with Gasteiger partial charge >= 0.3 is 11.9 Å². The Morgan fingerprint density at radius 2 is 1.80 bits per heavy atom. The highest BCUT2D eigenvalue weighted by Crippen LogP contribution is 2.27. The molecule has 0 aromatic rings. The van der Waals surface area contributed by atoms with Crippen molar-refractivity contribution in [3.63, 3.8) is 0 Å². The van der Waals surface area contributed by atoms with Gasteiger partial charge in [-0.25, -0.2) is 4.79 Å². The van der Waals surface area contributed by atoms with Crippen LogP contribution in [0.15, 0.2) is 16.4 Å². The minimum absolute atomic E-state index is 0.0769. The van der Waals surface area contributed by atoms with Gasteiger partial charge in [0.25, 0.3) is 0 Å². The molecule has 1 aliphatic heterocycles. The maximum absolute atomic E-state index is 11.9. The summed E-state index contributed by atoms with van der Waals surface area (Å²) in [6.45, 7) is 3.86. The van der Waals surface area contributed by atoms with Crippen molar-refractivity contribution in [1.29, 1.82) is 0 Å². The summed E-state index contributed by atoms with van der Waals surface area (Å²) in [7, 11) is 2.78. The van der Waals surface area contributed by atoms with Crippen LogP contribution in [0, 0.1) is 5.92 Å². The van der Waals surface area contributed by atoms with Crippen molar-refractivity contribution in [2.24, 2.45) is 10.9 Å². The lowest BCUT2D eigenvalue weighted by atomic mass is 9.97. The van der Waals surface area contributed by atoms with Crippen LogP contribution in [0.2, 0.25) is 0 Å². The van der Waals surface area contributed by atoms with E-state index in [4.69, 9.17) is 18.9 Å². The van der Waals surface area contributed by atoms with Gasteiger partial charge in [-0.3, -0.25) is 4.79 Å². The molecule has 0 amide bonds. The molecule has 0 N–H and O–H groups in total. The van der Waals surface area contributed by atoms with E-state index < -0.39 is 17.9 Å². The number of hydrogen-bond donors (Lipinski definition) is 0. The minimum Gasteiger partial charge on any atom is -0.483 e. The fourth-order valence-electron chi connectivity index (χ4n) is 1.80. The molecular weight excluding hydrogens is 266 g/mol. The number of methoxy groups -OCH3 is 2. The molecule has 0 aliphatic carbocycles. The molecule has 0 fully saturated rings. The van der Waals surface area contributed by atoms with Gasteiger partial charge in [-0.2, -0.15) is 4.99 Å². The van der Waals surface area contributed by atoms with Gasteiger partial charge in [0, 0.05) is 6.42 Å². The molecule has 1 aliphatic rings. The fourth-order valence-corrected chi connectivity index (χ4v) is 1.80. The van der Waals surface area contributed by atoms with Crippen LogP contribution in [-0.4, -0.2) is 45.3 Å². The fraction of sp³-hybridized carbons (Fsp3) is 0.615. The second kappa shape index (κ2) is 7.52. The van der Waals surface area contributed by atoms with E-state index >= 15 is 0 Å². The molecule has 1 heterocycles. The molecule has 7 heteroatoms. The maximum Gasteiger partial charge on any atom is 0.339 e. The quantitative estimate of drug-likeness (QED) is 0.702. The Bertz CT molecular complexity index is 440. The summed E-state index contributed by atoms with van der Waals surface area (Å²) < 4.78 is 20.0. The largest absolute Gasteiger partial charge is 0.483 e. The van der Waals surface area contributed by atoms with Crippen molar-refractivity contribution in [3.05, 3.63) is 11.5 Å². The maximum atomic E-state index is 11.9. The summed E-state index contributed by atoms with van der Waals surface area (Å²) in [5.74, 6) is -1.56. The standard InChI is InChI=1S/C13H19NO6/c1-5-19-12(15)8-7-9(13(16)20-6-2)11(18-4)14-10(8)17-3/h8H,5-7H2,1-4H3. The van der Waals surface area contributed by atoms with Crippen LogP contribution in [0.4, 0.5) is 0 Å². The van der Waals surface area contributed by atoms with E-state index in [0.717, 1.165) is 0 Å². The van der Waals surface area contributed by atoms with Gasteiger partial charge in [0.05, 0.1) is 27.4 Å². The molecule has 0 saturated heterocycles. The van der Waals surface area contributed by atoms with E-state index in [1.165, 1.54) is 14.2 Å². The monoisotopic (exact) mass is 285 g/mol. The lowest BCUT2D eigenvalue weighted by Crippen LogP contribution is -2.32. The Morgan fingerprint density at radius 3 is 2.30 bits per heavy atom.